The predicted molar refractivity (Wildman–Crippen MR) is 101 cm³/mol. The van der Waals surface area contributed by atoms with Crippen LogP contribution in [0, 0.1) is 0 Å². The van der Waals surface area contributed by atoms with Crippen LogP contribution in [0.15, 0.2) is 63.5 Å². The fourth-order valence-corrected chi connectivity index (χ4v) is 4.64. The number of hydrogen-bond donors (Lipinski definition) is 1. The van der Waals surface area contributed by atoms with E-state index in [0.717, 1.165) is 32.5 Å². The average Bonchev–Trinajstić information content (AvgIpc) is 3.14. The number of sulfonamides is 1. The van der Waals surface area contributed by atoms with Gasteiger partial charge in [-0.2, -0.15) is 0 Å². The second kappa shape index (κ2) is 6.03. The van der Waals surface area contributed by atoms with E-state index in [0.29, 0.717) is 10.7 Å². The van der Waals surface area contributed by atoms with Crippen molar-refractivity contribution in [1.29, 1.82) is 0 Å². The maximum atomic E-state index is 11.4. The third kappa shape index (κ3) is 2.99. The molecule has 2 aromatic carbocycles. The molecule has 126 valence electrons. The Hall–Kier alpha value is -2.07. The van der Waals surface area contributed by atoms with E-state index in [1.165, 1.54) is 4.52 Å². The Morgan fingerprint density at radius 2 is 1.84 bits per heavy atom. The van der Waals surface area contributed by atoms with E-state index in [1.54, 1.807) is 6.20 Å². The quantitative estimate of drug-likeness (QED) is 0.533. The fraction of sp³-hybridized carbons (Fsp3) is 0. The first-order valence-corrected chi connectivity index (χ1v) is 10.3. The van der Waals surface area contributed by atoms with Gasteiger partial charge in [-0.1, -0.05) is 69.7 Å². The van der Waals surface area contributed by atoms with Gasteiger partial charge in [0.2, 0.25) is 9.30 Å². The van der Waals surface area contributed by atoms with Gasteiger partial charge in [0.05, 0.1) is 11.9 Å². The zero-order chi connectivity index (χ0) is 17.6. The molecule has 25 heavy (non-hydrogen) atoms. The van der Waals surface area contributed by atoms with Gasteiger partial charge in [-0.15, -0.1) is 5.10 Å². The summed E-state index contributed by atoms with van der Waals surface area (Å²) in [6, 6.07) is 15.9. The minimum atomic E-state index is -3.83. The lowest BCUT2D eigenvalue weighted by Crippen LogP contribution is -2.12. The molecule has 0 radical (unpaired) electrons. The third-order valence-electron chi connectivity index (χ3n) is 3.62. The number of benzene rings is 2. The van der Waals surface area contributed by atoms with Gasteiger partial charge in [-0.3, -0.25) is 0 Å². The van der Waals surface area contributed by atoms with Crippen molar-refractivity contribution in [2.75, 3.05) is 0 Å². The van der Waals surface area contributed by atoms with Crippen LogP contribution in [0.25, 0.3) is 27.3 Å². The third-order valence-corrected chi connectivity index (χ3v) is 6.52. The van der Waals surface area contributed by atoms with Crippen LogP contribution in [0.5, 0.6) is 0 Å². The number of rotatable bonds is 3. The van der Waals surface area contributed by atoms with Crippen molar-refractivity contribution >= 4 is 42.3 Å². The van der Waals surface area contributed by atoms with Gasteiger partial charge in [0.25, 0.3) is 10.0 Å². The molecule has 4 aromatic rings. The van der Waals surface area contributed by atoms with Crippen molar-refractivity contribution in [3.63, 3.8) is 0 Å². The zero-order valence-electron chi connectivity index (χ0n) is 12.6. The number of aromatic nitrogens is 3. The lowest BCUT2D eigenvalue weighted by atomic mass is 9.98. The van der Waals surface area contributed by atoms with Crippen molar-refractivity contribution in [2.45, 2.75) is 4.34 Å². The molecule has 2 heterocycles. The number of nitrogens with zero attached hydrogens (tertiary/aromatic N) is 3. The molecule has 9 heteroatoms. The summed E-state index contributed by atoms with van der Waals surface area (Å²) in [6.07, 6.45) is 1.70. The molecule has 0 unspecified atom stereocenters. The summed E-state index contributed by atoms with van der Waals surface area (Å²) in [4.78, 5) is 5.00. The molecule has 0 atom stereocenters. The van der Waals surface area contributed by atoms with Crippen molar-refractivity contribution in [3.8, 4) is 22.4 Å². The highest BCUT2D eigenvalue weighted by Crippen LogP contribution is 2.37. The van der Waals surface area contributed by atoms with E-state index in [-0.39, 0.29) is 4.34 Å². The van der Waals surface area contributed by atoms with Crippen LogP contribution in [0.3, 0.4) is 0 Å². The molecule has 0 spiro atoms. The molecule has 0 aliphatic rings. The average molecular weight is 435 g/mol. The number of halogens is 1. The van der Waals surface area contributed by atoms with Crippen LogP contribution in [-0.4, -0.2) is 23.0 Å². The molecule has 0 saturated carbocycles. The Morgan fingerprint density at radius 3 is 2.52 bits per heavy atom. The Labute approximate surface area is 156 Å². The van der Waals surface area contributed by atoms with Gasteiger partial charge in [0.1, 0.15) is 0 Å². The fourth-order valence-electron chi connectivity index (χ4n) is 2.56. The summed E-state index contributed by atoms with van der Waals surface area (Å²) in [5.41, 5.74) is 3.70. The molecule has 2 N–H and O–H groups in total. The first-order chi connectivity index (χ1) is 11.9. The van der Waals surface area contributed by atoms with Crippen LogP contribution < -0.4 is 5.14 Å². The second-order valence-corrected chi connectivity index (χ2v) is 8.84. The summed E-state index contributed by atoms with van der Waals surface area (Å²) in [6.45, 7) is 0. The van der Waals surface area contributed by atoms with E-state index >= 15 is 0 Å². The van der Waals surface area contributed by atoms with E-state index < -0.39 is 10.0 Å². The molecule has 0 aliphatic carbocycles. The van der Waals surface area contributed by atoms with E-state index in [2.05, 4.69) is 26.0 Å². The summed E-state index contributed by atoms with van der Waals surface area (Å²) in [5, 5.41) is 9.13. The van der Waals surface area contributed by atoms with Crippen molar-refractivity contribution in [1.82, 2.24) is 14.6 Å². The highest BCUT2D eigenvalue weighted by Gasteiger charge is 2.19. The first kappa shape index (κ1) is 16.4. The zero-order valence-corrected chi connectivity index (χ0v) is 15.8. The molecule has 4 rings (SSSR count). The summed E-state index contributed by atoms with van der Waals surface area (Å²) < 4.78 is 25.0. The highest BCUT2D eigenvalue weighted by atomic mass is 79.9. The SMILES string of the molecule is NS(=O)(=O)c1nn2cc(-c3c(Br)cccc3-c3ccccc3)nc2s1. The van der Waals surface area contributed by atoms with Crippen LogP contribution in [0.4, 0.5) is 0 Å². The molecule has 0 fully saturated rings. The van der Waals surface area contributed by atoms with E-state index in [4.69, 9.17) is 5.14 Å². The van der Waals surface area contributed by atoms with Crippen LogP contribution in [-0.2, 0) is 10.0 Å². The van der Waals surface area contributed by atoms with Crippen LogP contribution in [0.1, 0.15) is 0 Å². The Morgan fingerprint density at radius 1 is 1.08 bits per heavy atom. The number of nitrogens with two attached hydrogens (primary N) is 1. The van der Waals surface area contributed by atoms with Crippen LogP contribution in [0.2, 0.25) is 0 Å². The molecule has 0 saturated heterocycles. The maximum Gasteiger partial charge on any atom is 0.267 e. The number of primary sulfonamides is 1. The minimum absolute atomic E-state index is 0.156. The molecular formula is C16H11BrN4O2S2. The first-order valence-electron chi connectivity index (χ1n) is 7.17. The smallest absolute Gasteiger partial charge is 0.223 e. The van der Waals surface area contributed by atoms with Gasteiger partial charge in [-0.05, 0) is 17.2 Å². The number of fused-ring (bicyclic) bond motifs is 1. The largest absolute Gasteiger partial charge is 0.267 e. The molecular weight excluding hydrogens is 424 g/mol. The Balaban J connectivity index is 1.90. The molecule has 0 aliphatic heterocycles. The highest BCUT2D eigenvalue weighted by molar-refractivity contribution is 9.10. The number of hydrogen-bond acceptors (Lipinski definition) is 5. The Bertz CT molecular complexity index is 1150. The standard InChI is InChI=1S/C16H11BrN4O2S2/c17-12-8-4-7-11(10-5-2-1-3-6-10)14(12)13-9-21-15(19-13)24-16(20-21)25(18,22)23/h1-9H,(H2,18,22,23). The monoisotopic (exact) mass is 434 g/mol. The number of imidazole rings is 1. The van der Waals surface area contributed by atoms with Gasteiger partial charge in [-0.25, -0.2) is 23.1 Å². The lowest BCUT2D eigenvalue weighted by molar-refractivity contribution is 0.595. The normalized spacial score (nSPS) is 11.9. The Kier molecular flexibility index (Phi) is 3.95. The van der Waals surface area contributed by atoms with E-state index in [9.17, 15) is 8.42 Å². The predicted octanol–water partition coefficient (Wildman–Crippen LogP) is 3.53. The maximum absolute atomic E-state index is 11.4. The van der Waals surface area contributed by atoms with Crippen molar-refractivity contribution in [3.05, 3.63) is 59.2 Å². The van der Waals surface area contributed by atoms with Crippen molar-refractivity contribution < 1.29 is 8.42 Å². The molecule has 2 aromatic heterocycles. The van der Waals surface area contributed by atoms with Gasteiger partial charge < -0.3 is 0 Å². The van der Waals surface area contributed by atoms with E-state index in [1.807, 2.05) is 48.5 Å². The van der Waals surface area contributed by atoms with Gasteiger partial charge in [0.15, 0.2) is 0 Å². The van der Waals surface area contributed by atoms with Crippen molar-refractivity contribution in [2.24, 2.45) is 5.14 Å². The topological polar surface area (TPSA) is 90.4 Å². The summed E-state index contributed by atoms with van der Waals surface area (Å²) in [7, 11) is -3.83. The molecule has 0 bridgehead atoms. The van der Waals surface area contributed by atoms with Gasteiger partial charge >= 0.3 is 0 Å². The summed E-state index contributed by atoms with van der Waals surface area (Å²) >= 11 is 4.53. The molecule has 6 nitrogen and oxygen atoms in total. The van der Waals surface area contributed by atoms with Gasteiger partial charge in [0, 0.05) is 10.0 Å². The lowest BCUT2D eigenvalue weighted by Gasteiger charge is -2.09. The second-order valence-electron chi connectivity index (χ2n) is 5.29. The van der Waals surface area contributed by atoms with Crippen LogP contribution >= 0.6 is 27.3 Å². The molecule has 0 amide bonds. The summed E-state index contributed by atoms with van der Waals surface area (Å²) in [5.74, 6) is 0. The minimum Gasteiger partial charge on any atom is -0.223 e.